The summed E-state index contributed by atoms with van der Waals surface area (Å²) in [7, 11) is 0. The maximum Gasteiger partial charge on any atom is 0.150 e. The van der Waals surface area contributed by atoms with Crippen LogP contribution in [0.25, 0.3) is 0 Å². The summed E-state index contributed by atoms with van der Waals surface area (Å²) >= 11 is 0. The minimum absolute atomic E-state index is 0.0524. The number of carbonyl (C=O) groups is 2. The molecule has 1 aromatic rings. The first-order valence-corrected chi connectivity index (χ1v) is 4.38. The van der Waals surface area contributed by atoms with Gasteiger partial charge in [0.2, 0.25) is 0 Å². The van der Waals surface area contributed by atoms with Gasteiger partial charge in [-0.25, -0.2) is 0 Å². The molecule has 0 saturated heterocycles. The molecule has 0 fully saturated rings. The van der Waals surface area contributed by atoms with Crippen molar-refractivity contribution in [3.63, 3.8) is 0 Å². The monoisotopic (exact) mass is 192 g/mol. The fourth-order valence-electron chi connectivity index (χ4n) is 1.11. The molecule has 0 amide bonds. The van der Waals surface area contributed by atoms with E-state index in [1.807, 2.05) is 13.8 Å². The summed E-state index contributed by atoms with van der Waals surface area (Å²) in [5.74, 6) is 0.604. The van der Waals surface area contributed by atoms with E-state index in [9.17, 15) is 9.59 Å². The highest BCUT2D eigenvalue weighted by Crippen LogP contribution is 2.16. The predicted octanol–water partition coefficient (Wildman–Crippen LogP) is 2.10. The summed E-state index contributed by atoms with van der Waals surface area (Å²) in [6.07, 6.45) is 1.36. The fourth-order valence-corrected chi connectivity index (χ4v) is 1.11. The lowest BCUT2D eigenvalue weighted by Gasteiger charge is -2.10. The van der Waals surface area contributed by atoms with E-state index >= 15 is 0 Å². The van der Waals surface area contributed by atoms with Crippen molar-refractivity contribution in [2.75, 3.05) is 0 Å². The van der Waals surface area contributed by atoms with Gasteiger partial charge in [-0.3, -0.25) is 9.59 Å². The Kier molecular flexibility index (Phi) is 3.40. The van der Waals surface area contributed by atoms with E-state index in [1.165, 1.54) is 0 Å². The first kappa shape index (κ1) is 10.4. The second-order valence-electron chi connectivity index (χ2n) is 3.19. The van der Waals surface area contributed by atoms with Crippen molar-refractivity contribution >= 4 is 12.6 Å². The van der Waals surface area contributed by atoms with Crippen molar-refractivity contribution < 1.29 is 14.3 Å². The highest BCUT2D eigenvalue weighted by atomic mass is 16.5. The molecule has 0 saturated carbocycles. The van der Waals surface area contributed by atoms with E-state index in [1.54, 1.807) is 18.2 Å². The van der Waals surface area contributed by atoms with E-state index < -0.39 is 0 Å². The maximum absolute atomic E-state index is 10.6. The van der Waals surface area contributed by atoms with Crippen molar-refractivity contribution in [1.82, 2.24) is 0 Å². The SMILES string of the molecule is CC(C)Oc1ccc(C=O)c(C=O)c1. The summed E-state index contributed by atoms with van der Waals surface area (Å²) < 4.78 is 5.38. The molecule has 0 aromatic heterocycles. The third-order valence-electron chi connectivity index (χ3n) is 1.68. The van der Waals surface area contributed by atoms with Crippen molar-refractivity contribution in [1.29, 1.82) is 0 Å². The number of hydrogen-bond acceptors (Lipinski definition) is 3. The molecule has 14 heavy (non-hydrogen) atoms. The molecule has 0 N–H and O–H groups in total. The van der Waals surface area contributed by atoms with E-state index in [-0.39, 0.29) is 6.10 Å². The number of ether oxygens (including phenoxy) is 1. The van der Waals surface area contributed by atoms with Gasteiger partial charge < -0.3 is 4.74 Å². The molecular weight excluding hydrogens is 180 g/mol. The van der Waals surface area contributed by atoms with Crippen LogP contribution in [0.1, 0.15) is 34.6 Å². The predicted molar refractivity (Wildman–Crippen MR) is 53.0 cm³/mol. The zero-order valence-corrected chi connectivity index (χ0v) is 8.19. The Labute approximate surface area is 82.7 Å². The lowest BCUT2D eigenvalue weighted by Crippen LogP contribution is -2.06. The van der Waals surface area contributed by atoms with Crippen molar-refractivity contribution in [3.05, 3.63) is 29.3 Å². The van der Waals surface area contributed by atoms with Crippen molar-refractivity contribution in [2.24, 2.45) is 0 Å². The molecule has 1 rings (SSSR count). The van der Waals surface area contributed by atoms with Crippen LogP contribution in [0.15, 0.2) is 18.2 Å². The van der Waals surface area contributed by atoms with Gasteiger partial charge in [0.1, 0.15) is 5.75 Å². The van der Waals surface area contributed by atoms with Crippen LogP contribution in [0.3, 0.4) is 0 Å². The Balaban J connectivity index is 3.01. The number of rotatable bonds is 4. The Bertz CT molecular complexity index is 342. The van der Waals surface area contributed by atoms with E-state index in [0.29, 0.717) is 29.4 Å². The van der Waals surface area contributed by atoms with Gasteiger partial charge in [-0.05, 0) is 32.0 Å². The van der Waals surface area contributed by atoms with Crippen LogP contribution < -0.4 is 4.74 Å². The third kappa shape index (κ3) is 2.42. The second-order valence-corrected chi connectivity index (χ2v) is 3.19. The Morgan fingerprint density at radius 1 is 1.14 bits per heavy atom. The van der Waals surface area contributed by atoms with Crippen LogP contribution in [-0.2, 0) is 0 Å². The molecule has 0 atom stereocenters. The molecule has 1 aromatic carbocycles. The van der Waals surface area contributed by atoms with Crippen molar-refractivity contribution in [3.8, 4) is 5.75 Å². The fraction of sp³-hybridized carbons (Fsp3) is 0.273. The molecule has 0 aliphatic carbocycles. The summed E-state index contributed by atoms with van der Waals surface area (Å²) in [5.41, 5.74) is 0.745. The molecule has 0 aliphatic rings. The smallest absolute Gasteiger partial charge is 0.150 e. The van der Waals surface area contributed by atoms with Gasteiger partial charge in [-0.15, -0.1) is 0 Å². The standard InChI is InChI=1S/C11H12O3/c1-8(2)14-11-4-3-9(6-12)10(5-11)7-13/h3-8H,1-2H3. The average Bonchev–Trinajstić information content (AvgIpc) is 2.16. The lowest BCUT2D eigenvalue weighted by atomic mass is 10.1. The molecule has 0 heterocycles. The normalized spacial score (nSPS) is 9.93. The molecule has 74 valence electrons. The van der Waals surface area contributed by atoms with Gasteiger partial charge in [0.15, 0.2) is 12.6 Å². The zero-order valence-electron chi connectivity index (χ0n) is 8.19. The Hall–Kier alpha value is -1.64. The van der Waals surface area contributed by atoms with Gasteiger partial charge >= 0.3 is 0 Å². The highest BCUT2D eigenvalue weighted by molar-refractivity contribution is 5.90. The molecule has 0 unspecified atom stereocenters. The van der Waals surface area contributed by atoms with E-state index in [0.717, 1.165) is 0 Å². The molecular formula is C11H12O3. The Morgan fingerprint density at radius 3 is 2.29 bits per heavy atom. The van der Waals surface area contributed by atoms with Crippen LogP contribution in [0.2, 0.25) is 0 Å². The average molecular weight is 192 g/mol. The molecule has 0 aliphatic heterocycles. The summed E-state index contributed by atoms with van der Waals surface area (Å²) in [6, 6.07) is 4.82. The summed E-state index contributed by atoms with van der Waals surface area (Å²) in [5, 5.41) is 0. The van der Waals surface area contributed by atoms with Gasteiger partial charge in [-0.1, -0.05) is 0 Å². The van der Waals surface area contributed by atoms with E-state index in [4.69, 9.17) is 4.74 Å². The number of aldehydes is 2. The number of hydrogen-bond donors (Lipinski definition) is 0. The molecule has 3 nitrogen and oxygen atoms in total. The second kappa shape index (κ2) is 4.56. The third-order valence-corrected chi connectivity index (χ3v) is 1.68. The maximum atomic E-state index is 10.6. The highest BCUT2D eigenvalue weighted by Gasteiger charge is 2.03. The largest absolute Gasteiger partial charge is 0.491 e. The first-order chi connectivity index (χ1) is 6.67. The van der Waals surface area contributed by atoms with Crippen LogP contribution in [0.5, 0.6) is 5.75 Å². The molecule has 0 bridgehead atoms. The lowest BCUT2D eigenvalue weighted by molar-refractivity contribution is 0.109. The zero-order chi connectivity index (χ0) is 10.6. The number of carbonyl (C=O) groups excluding carboxylic acids is 2. The van der Waals surface area contributed by atoms with Crippen LogP contribution in [-0.4, -0.2) is 18.7 Å². The van der Waals surface area contributed by atoms with Crippen LogP contribution in [0, 0.1) is 0 Å². The van der Waals surface area contributed by atoms with Crippen LogP contribution >= 0.6 is 0 Å². The van der Waals surface area contributed by atoms with Crippen molar-refractivity contribution in [2.45, 2.75) is 20.0 Å². The first-order valence-electron chi connectivity index (χ1n) is 4.38. The minimum Gasteiger partial charge on any atom is -0.491 e. The molecule has 0 spiro atoms. The van der Waals surface area contributed by atoms with Gasteiger partial charge in [-0.2, -0.15) is 0 Å². The topological polar surface area (TPSA) is 43.4 Å². The van der Waals surface area contributed by atoms with Gasteiger partial charge in [0, 0.05) is 11.1 Å². The van der Waals surface area contributed by atoms with Crippen LogP contribution in [0.4, 0.5) is 0 Å². The number of benzene rings is 1. The quantitative estimate of drug-likeness (QED) is 0.686. The molecule has 3 heteroatoms. The van der Waals surface area contributed by atoms with Gasteiger partial charge in [0.05, 0.1) is 6.10 Å². The summed E-state index contributed by atoms with van der Waals surface area (Å²) in [6.45, 7) is 3.79. The minimum atomic E-state index is 0.0524. The summed E-state index contributed by atoms with van der Waals surface area (Å²) in [4.78, 5) is 21.1. The van der Waals surface area contributed by atoms with Gasteiger partial charge in [0.25, 0.3) is 0 Å². The molecule has 0 radical (unpaired) electrons. The van der Waals surface area contributed by atoms with E-state index in [2.05, 4.69) is 0 Å². The Morgan fingerprint density at radius 2 is 1.79 bits per heavy atom.